The summed E-state index contributed by atoms with van der Waals surface area (Å²) in [5, 5.41) is 0. The van der Waals surface area contributed by atoms with Crippen molar-refractivity contribution < 1.29 is 32.2 Å². The van der Waals surface area contributed by atoms with Crippen LogP contribution in [-0.4, -0.2) is 34.9 Å². The zero-order valence-corrected chi connectivity index (χ0v) is 17.7. The van der Waals surface area contributed by atoms with E-state index in [-0.39, 0.29) is 29.4 Å². The quantitative estimate of drug-likeness (QED) is 0.618. The molecular weight excluding hydrogens is 417 g/mol. The van der Waals surface area contributed by atoms with Crippen LogP contribution in [0.5, 0.6) is 11.6 Å². The Labute approximate surface area is 177 Å². The number of fused-ring (bicyclic) bond motifs is 1. The van der Waals surface area contributed by atoms with Crippen LogP contribution < -0.4 is 15.0 Å². The Morgan fingerprint density at radius 3 is 2.39 bits per heavy atom. The van der Waals surface area contributed by atoms with Crippen molar-refractivity contribution >= 4 is 6.16 Å². The van der Waals surface area contributed by atoms with Crippen molar-refractivity contribution in [1.82, 2.24) is 9.36 Å². The van der Waals surface area contributed by atoms with E-state index in [1.165, 1.54) is 16.8 Å². The van der Waals surface area contributed by atoms with Crippen molar-refractivity contribution in [3.63, 3.8) is 0 Å². The predicted molar refractivity (Wildman–Crippen MR) is 107 cm³/mol. The smallest absolute Gasteiger partial charge is 0.484 e. The van der Waals surface area contributed by atoms with Crippen molar-refractivity contribution in [2.24, 2.45) is 0 Å². The topological polar surface area (TPSA) is 71.7 Å². The zero-order chi connectivity index (χ0) is 22.8. The molecule has 0 atom stereocenters. The van der Waals surface area contributed by atoms with Crippen molar-refractivity contribution in [2.75, 3.05) is 13.2 Å². The maximum atomic E-state index is 13.3. The van der Waals surface area contributed by atoms with Gasteiger partial charge < -0.3 is 14.2 Å². The molecule has 7 nitrogen and oxygen atoms in total. The molecule has 0 aliphatic carbocycles. The van der Waals surface area contributed by atoms with E-state index in [2.05, 4.69) is 0 Å². The van der Waals surface area contributed by atoms with Gasteiger partial charge in [-0.2, -0.15) is 13.2 Å². The molecule has 0 saturated heterocycles. The van der Waals surface area contributed by atoms with E-state index in [0.717, 1.165) is 12.8 Å². The van der Waals surface area contributed by atoms with E-state index in [9.17, 15) is 22.8 Å². The highest BCUT2D eigenvalue weighted by atomic mass is 19.4. The average Bonchev–Trinajstić information content (AvgIpc) is 2.97. The molecule has 0 radical (unpaired) electrons. The molecule has 1 aliphatic rings. The molecule has 0 amide bonds. The Kier molecular flexibility index (Phi) is 6.66. The minimum atomic E-state index is -4.46. The van der Waals surface area contributed by atoms with Gasteiger partial charge in [-0.3, -0.25) is 9.48 Å². The number of carbonyl (C=O) groups excluding carboxylic acids is 1. The second-order valence-corrected chi connectivity index (χ2v) is 7.26. The number of aryl methyl sites for hydroxylation is 2. The monoisotopic (exact) mass is 442 g/mol. The van der Waals surface area contributed by atoms with E-state index in [4.69, 9.17) is 14.2 Å². The number of nitrogens with zero attached hydrogens (tertiary/aromatic N) is 2. The number of ether oxygens (including phenoxy) is 3. The van der Waals surface area contributed by atoms with Gasteiger partial charge in [0.2, 0.25) is 5.88 Å². The van der Waals surface area contributed by atoms with Gasteiger partial charge >= 0.3 is 12.3 Å². The van der Waals surface area contributed by atoms with Gasteiger partial charge in [0.1, 0.15) is 11.3 Å². The number of carbonyl (C=O) groups is 1. The van der Waals surface area contributed by atoms with Crippen LogP contribution >= 0.6 is 0 Å². The lowest BCUT2D eigenvalue weighted by Crippen LogP contribution is -2.27. The van der Waals surface area contributed by atoms with Gasteiger partial charge in [-0.05, 0) is 61.9 Å². The van der Waals surface area contributed by atoms with Crippen molar-refractivity contribution in [3.05, 3.63) is 33.6 Å². The summed E-state index contributed by atoms with van der Waals surface area (Å²) in [6.45, 7) is 4.83. The molecule has 1 aromatic carbocycles. The van der Waals surface area contributed by atoms with Crippen LogP contribution in [0.2, 0.25) is 0 Å². The lowest BCUT2D eigenvalue weighted by Gasteiger charge is -2.19. The van der Waals surface area contributed by atoms with Gasteiger partial charge in [0, 0.05) is 13.1 Å². The Morgan fingerprint density at radius 1 is 1.10 bits per heavy atom. The first kappa shape index (κ1) is 22.8. The number of hydrogen-bond acceptors (Lipinski definition) is 5. The number of aromatic nitrogens is 2. The first-order valence-electron chi connectivity index (χ1n) is 10.2. The van der Waals surface area contributed by atoms with Gasteiger partial charge in [0.25, 0.3) is 5.56 Å². The summed E-state index contributed by atoms with van der Waals surface area (Å²) in [5.74, 6) is 0.150. The lowest BCUT2D eigenvalue weighted by molar-refractivity contribution is -0.153. The molecule has 0 N–H and O–H groups in total. The SMILES string of the molecule is CCOC(=O)Oc1c(-c2c(C)cc(OCC(F)(F)F)cc2CC)c(=O)n2n1CCCC2. The van der Waals surface area contributed by atoms with Crippen LogP contribution in [0.3, 0.4) is 0 Å². The predicted octanol–water partition coefficient (Wildman–Crippen LogP) is 4.46. The summed E-state index contributed by atoms with van der Waals surface area (Å²) in [6, 6.07) is 2.94. The minimum absolute atomic E-state index is 0.0624. The van der Waals surface area contributed by atoms with Crippen LogP contribution in [0.4, 0.5) is 18.0 Å². The Hall–Kier alpha value is -2.91. The zero-order valence-electron chi connectivity index (χ0n) is 17.7. The maximum absolute atomic E-state index is 13.3. The van der Waals surface area contributed by atoms with E-state index in [1.54, 1.807) is 18.5 Å². The van der Waals surface area contributed by atoms with E-state index >= 15 is 0 Å². The molecule has 0 saturated carbocycles. The summed E-state index contributed by atoms with van der Waals surface area (Å²) < 4.78 is 56.1. The van der Waals surface area contributed by atoms with Gasteiger partial charge in [-0.1, -0.05) is 6.92 Å². The second kappa shape index (κ2) is 9.07. The van der Waals surface area contributed by atoms with E-state index in [1.807, 2.05) is 6.92 Å². The normalized spacial score (nSPS) is 13.6. The standard InChI is InChI=1S/C21H25F3N2O5/c1-4-14-11-15(30-12-21(22,23)24)10-13(3)16(14)17-18(27)25-8-6-7-9-26(25)19(17)31-20(28)29-5-2/h10-11H,4-9,12H2,1-3H3. The summed E-state index contributed by atoms with van der Waals surface area (Å²) in [6.07, 6.45) is -3.32. The molecule has 0 fully saturated rings. The van der Waals surface area contributed by atoms with Crippen LogP contribution in [0.15, 0.2) is 16.9 Å². The summed E-state index contributed by atoms with van der Waals surface area (Å²) in [4.78, 5) is 25.3. The molecule has 0 unspecified atom stereocenters. The molecule has 170 valence electrons. The second-order valence-electron chi connectivity index (χ2n) is 7.26. The van der Waals surface area contributed by atoms with Gasteiger partial charge in [0.15, 0.2) is 6.61 Å². The highest BCUT2D eigenvalue weighted by Gasteiger charge is 2.31. The fraction of sp³-hybridized carbons (Fsp3) is 0.524. The van der Waals surface area contributed by atoms with Gasteiger partial charge in [-0.15, -0.1) is 0 Å². The molecule has 0 bridgehead atoms. The first-order chi connectivity index (χ1) is 14.7. The van der Waals surface area contributed by atoms with Crippen molar-refractivity contribution in [3.8, 4) is 22.8 Å². The number of halogens is 3. The van der Waals surface area contributed by atoms with Crippen LogP contribution in [0.1, 0.15) is 37.8 Å². The Morgan fingerprint density at radius 2 is 1.77 bits per heavy atom. The van der Waals surface area contributed by atoms with Crippen LogP contribution in [-0.2, 0) is 24.2 Å². The van der Waals surface area contributed by atoms with E-state index in [0.29, 0.717) is 36.2 Å². The number of alkyl halides is 3. The molecular formula is C21H25F3N2O5. The fourth-order valence-corrected chi connectivity index (χ4v) is 3.79. The van der Waals surface area contributed by atoms with Crippen molar-refractivity contribution in [1.29, 1.82) is 0 Å². The molecule has 1 aliphatic heterocycles. The lowest BCUT2D eigenvalue weighted by atomic mass is 9.94. The molecule has 31 heavy (non-hydrogen) atoms. The fourth-order valence-electron chi connectivity index (χ4n) is 3.79. The molecule has 2 aromatic rings. The number of hydrogen-bond donors (Lipinski definition) is 0. The molecule has 3 rings (SSSR count). The third-order valence-electron chi connectivity index (χ3n) is 5.04. The van der Waals surface area contributed by atoms with Crippen LogP contribution in [0.25, 0.3) is 11.1 Å². The minimum Gasteiger partial charge on any atom is -0.484 e. The van der Waals surface area contributed by atoms with E-state index < -0.39 is 18.9 Å². The molecule has 0 spiro atoms. The third-order valence-corrected chi connectivity index (χ3v) is 5.04. The maximum Gasteiger partial charge on any atom is 0.515 e. The summed E-state index contributed by atoms with van der Waals surface area (Å²) >= 11 is 0. The number of benzene rings is 1. The van der Waals surface area contributed by atoms with Gasteiger partial charge in [-0.25, -0.2) is 9.48 Å². The third kappa shape index (κ3) is 4.88. The molecule has 1 aromatic heterocycles. The van der Waals surface area contributed by atoms with Crippen LogP contribution in [0, 0.1) is 6.92 Å². The highest BCUT2D eigenvalue weighted by molar-refractivity contribution is 5.78. The molecule has 2 heterocycles. The van der Waals surface area contributed by atoms with Gasteiger partial charge in [0.05, 0.1) is 6.61 Å². The van der Waals surface area contributed by atoms with Crippen molar-refractivity contribution in [2.45, 2.75) is 59.3 Å². The first-order valence-corrected chi connectivity index (χ1v) is 10.2. The highest BCUT2D eigenvalue weighted by Crippen LogP contribution is 2.37. The Balaban J connectivity index is 2.14. The molecule has 10 heteroatoms. The number of rotatable bonds is 6. The Bertz CT molecular complexity index is 1020. The summed E-state index contributed by atoms with van der Waals surface area (Å²) in [7, 11) is 0. The largest absolute Gasteiger partial charge is 0.515 e. The summed E-state index contributed by atoms with van der Waals surface area (Å²) in [5.41, 5.74) is 1.57. The average molecular weight is 442 g/mol.